The standard InChI is InChI=1S/C14H23N3O2S/c1-4-8(5-2)17-14-11(19-3)10(15)12(20-14)13(18)16-9-6-7-9/h8-9,17H,4-7,15H2,1-3H3,(H,16,18). The molecule has 0 unspecified atom stereocenters. The van der Waals surface area contributed by atoms with Crippen LogP contribution in [0.3, 0.4) is 0 Å². The van der Waals surface area contributed by atoms with Crippen molar-refractivity contribution in [2.45, 2.75) is 51.6 Å². The molecule has 0 aliphatic heterocycles. The zero-order chi connectivity index (χ0) is 14.7. The molecule has 4 N–H and O–H groups in total. The number of anilines is 2. The molecule has 1 saturated carbocycles. The number of methoxy groups -OCH3 is 1. The molecule has 0 saturated heterocycles. The molecule has 1 aromatic rings. The maximum atomic E-state index is 12.2. The summed E-state index contributed by atoms with van der Waals surface area (Å²) in [4.78, 5) is 12.7. The molecule has 0 radical (unpaired) electrons. The molecule has 0 spiro atoms. The third-order valence-corrected chi connectivity index (χ3v) is 4.66. The summed E-state index contributed by atoms with van der Waals surface area (Å²) in [5.41, 5.74) is 6.49. The fraction of sp³-hybridized carbons (Fsp3) is 0.643. The van der Waals surface area contributed by atoms with Crippen molar-refractivity contribution in [2.24, 2.45) is 0 Å². The Morgan fingerprint density at radius 1 is 1.45 bits per heavy atom. The van der Waals surface area contributed by atoms with Crippen molar-refractivity contribution in [3.8, 4) is 5.75 Å². The molecule has 1 fully saturated rings. The van der Waals surface area contributed by atoms with Crippen LogP contribution in [0.1, 0.15) is 49.2 Å². The van der Waals surface area contributed by atoms with Gasteiger partial charge >= 0.3 is 0 Å². The summed E-state index contributed by atoms with van der Waals surface area (Å²) in [7, 11) is 1.58. The van der Waals surface area contributed by atoms with Crippen LogP contribution in [-0.4, -0.2) is 25.1 Å². The van der Waals surface area contributed by atoms with Gasteiger partial charge in [-0.3, -0.25) is 4.79 Å². The van der Waals surface area contributed by atoms with Crippen LogP contribution in [0.5, 0.6) is 5.75 Å². The Hall–Kier alpha value is -1.43. The Kier molecular flexibility index (Phi) is 4.75. The van der Waals surface area contributed by atoms with Gasteiger partial charge in [0.25, 0.3) is 5.91 Å². The molecule has 6 heteroatoms. The van der Waals surface area contributed by atoms with Crippen molar-refractivity contribution >= 4 is 27.9 Å². The van der Waals surface area contributed by atoms with E-state index < -0.39 is 0 Å². The lowest BCUT2D eigenvalue weighted by atomic mass is 10.2. The molecule has 1 amide bonds. The van der Waals surface area contributed by atoms with Crippen molar-refractivity contribution in [3.63, 3.8) is 0 Å². The van der Waals surface area contributed by atoms with Crippen LogP contribution < -0.4 is 21.1 Å². The monoisotopic (exact) mass is 297 g/mol. The Balaban J connectivity index is 2.20. The number of ether oxygens (including phenoxy) is 1. The molecule has 1 aromatic heterocycles. The Labute approximate surface area is 123 Å². The van der Waals surface area contributed by atoms with Crippen LogP contribution >= 0.6 is 11.3 Å². The average Bonchev–Trinajstić information content (AvgIpc) is 3.19. The summed E-state index contributed by atoms with van der Waals surface area (Å²) in [5, 5.41) is 7.23. The molecular weight excluding hydrogens is 274 g/mol. The van der Waals surface area contributed by atoms with E-state index in [0.29, 0.717) is 28.4 Å². The highest BCUT2D eigenvalue weighted by atomic mass is 32.1. The predicted molar refractivity (Wildman–Crippen MR) is 83.8 cm³/mol. The van der Waals surface area contributed by atoms with Gasteiger partial charge in [0.2, 0.25) is 0 Å². The highest BCUT2D eigenvalue weighted by Crippen LogP contribution is 2.43. The highest BCUT2D eigenvalue weighted by Gasteiger charge is 2.28. The minimum Gasteiger partial charge on any atom is -0.492 e. The number of carbonyl (C=O) groups excluding carboxylic acids is 1. The van der Waals surface area contributed by atoms with Gasteiger partial charge in [-0.25, -0.2) is 0 Å². The molecule has 0 atom stereocenters. The fourth-order valence-electron chi connectivity index (χ4n) is 2.05. The second-order valence-corrected chi connectivity index (χ2v) is 6.13. The Morgan fingerprint density at radius 2 is 2.10 bits per heavy atom. The van der Waals surface area contributed by atoms with Gasteiger partial charge in [-0.1, -0.05) is 13.8 Å². The van der Waals surface area contributed by atoms with Crippen LogP contribution in [0.4, 0.5) is 10.7 Å². The summed E-state index contributed by atoms with van der Waals surface area (Å²) >= 11 is 1.37. The molecule has 20 heavy (non-hydrogen) atoms. The first-order chi connectivity index (χ1) is 9.60. The van der Waals surface area contributed by atoms with E-state index >= 15 is 0 Å². The van der Waals surface area contributed by atoms with Crippen molar-refractivity contribution in [3.05, 3.63) is 4.88 Å². The van der Waals surface area contributed by atoms with Crippen LogP contribution in [-0.2, 0) is 0 Å². The zero-order valence-electron chi connectivity index (χ0n) is 12.3. The number of rotatable bonds is 7. The topological polar surface area (TPSA) is 76.4 Å². The molecule has 5 nitrogen and oxygen atoms in total. The molecule has 0 bridgehead atoms. The summed E-state index contributed by atoms with van der Waals surface area (Å²) in [6, 6.07) is 0.687. The molecule has 0 aromatic carbocycles. The van der Waals surface area contributed by atoms with Crippen molar-refractivity contribution in [1.29, 1.82) is 0 Å². The summed E-state index contributed by atoms with van der Waals surface area (Å²) in [5.74, 6) is 0.494. The zero-order valence-corrected chi connectivity index (χ0v) is 13.1. The number of nitrogen functional groups attached to an aromatic ring is 1. The highest BCUT2D eigenvalue weighted by molar-refractivity contribution is 7.19. The van der Waals surface area contributed by atoms with Crippen LogP contribution in [0.2, 0.25) is 0 Å². The van der Waals surface area contributed by atoms with Crippen molar-refractivity contribution in [1.82, 2.24) is 5.32 Å². The minimum atomic E-state index is -0.0918. The van der Waals surface area contributed by atoms with Gasteiger partial charge in [-0.2, -0.15) is 0 Å². The lowest BCUT2D eigenvalue weighted by molar-refractivity contribution is 0.0956. The first kappa shape index (κ1) is 15.0. The largest absolute Gasteiger partial charge is 0.492 e. The van der Waals surface area contributed by atoms with E-state index in [9.17, 15) is 4.79 Å². The summed E-state index contributed by atoms with van der Waals surface area (Å²) in [6.07, 6.45) is 4.15. The summed E-state index contributed by atoms with van der Waals surface area (Å²) < 4.78 is 5.36. The van der Waals surface area contributed by atoms with Crippen LogP contribution in [0, 0.1) is 0 Å². The molecule has 1 aliphatic carbocycles. The van der Waals surface area contributed by atoms with Gasteiger partial charge in [-0.15, -0.1) is 11.3 Å². The van der Waals surface area contributed by atoms with Gasteiger partial charge in [-0.05, 0) is 25.7 Å². The number of nitrogens with one attached hydrogen (secondary N) is 2. The number of carbonyl (C=O) groups is 1. The SMILES string of the molecule is CCC(CC)Nc1sc(C(=O)NC2CC2)c(N)c1OC. The van der Waals surface area contributed by atoms with Gasteiger partial charge in [0.1, 0.15) is 15.6 Å². The third-order valence-electron chi connectivity index (χ3n) is 3.54. The van der Waals surface area contributed by atoms with Crippen LogP contribution in [0.15, 0.2) is 0 Å². The maximum Gasteiger partial charge on any atom is 0.263 e. The summed E-state index contributed by atoms with van der Waals surface area (Å²) in [6.45, 7) is 4.26. The smallest absolute Gasteiger partial charge is 0.263 e. The van der Waals surface area contributed by atoms with Gasteiger partial charge in [0, 0.05) is 12.1 Å². The van der Waals surface area contributed by atoms with E-state index in [1.54, 1.807) is 7.11 Å². The molecular formula is C14H23N3O2S. The number of hydrogen-bond donors (Lipinski definition) is 3. The lowest BCUT2D eigenvalue weighted by Gasteiger charge is -2.15. The van der Waals surface area contributed by atoms with E-state index in [1.165, 1.54) is 11.3 Å². The first-order valence-electron chi connectivity index (χ1n) is 7.14. The molecule has 1 aliphatic rings. The quantitative estimate of drug-likeness (QED) is 0.723. The molecule has 1 heterocycles. The Morgan fingerprint density at radius 3 is 2.60 bits per heavy atom. The van der Waals surface area contributed by atoms with Gasteiger partial charge < -0.3 is 21.1 Å². The second-order valence-electron chi connectivity index (χ2n) is 5.11. The van der Waals surface area contributed by atoms with Crippen molar-refractivity contribution < 1.29 is 9.53 Å². The van der Waals surface area contributed by atoms with E-state index in [1.807, 2.05) is 0 Å². The molecule has 2 rings (SSSR count). The first-order valence-corrected chi connectivity index (χ1v) is 7.95. The number of thiophene rings is 1. The average molecular weight is 297 g/mol. The van der Waals surface area contributed by atoms with Gasteiger partial charge in [0.15, 0.2) is 5.75 Å². The van der Waals surface area contributed by atoms with E-state index in [2.05, 4.69) is 24.5 Å². The minimum absolute atomic E-state index is 0.0918. The number of nitrogens with two attached hydrogens (primary N) is 1. The third kappa shape index (κ3) is 3.17. The van der Waals surface area contributed by atoms with Crippen LogP contribution in [0.25, 0.3) is 0 Å². The predicted octanol–water partition coefficient (Wildman–Crippen LogP) is 2.83. The Bertz CT molecular complexity index is 479. The maximum absolute atomic E-state index is 12.2. The van der Waals surface area contributed by atoms with E-state index in [-0.39, 0.29) is 5.91 Å². The normalized spacial score (nSPS) is 14.4. The molecule has 112 valence electrons. The van der Waals surface area contributed by atoms with E-state index in [0.717, 1.165) is 30.7 Å². The van der Waals surface area contributed by atoms with E-state index in [4.69, 9.17) is 10.5 Å². The lowest BCUT2D eigenvalue weighted by Crippen LogP contribution is -2.25. The number of hydrogen-bond acceptors (Lipinski definition) is 5. The van der Waals surface area contributed by atoms with Gasteiger partial charge in [0.05, 0.1) is 7.11 Å². The number of amides is 1. The van der Waals surface area contributed by atoms with Crippen molar-refractivity contribution in [2.75, 3.05) is 18.2 Å². The fourth-order valence-corrected chi connectivity index (χ4v) is 3.12. The second kappa shape index (κ2) is 6.35.